The van der Waals surface area contributed by atoms with Gasteiger partial charge in [0.05, 0.1) is 29.6 Å². The van der Waals surface area contributed by atoms with E-state index in [1.165, 1.54) is 19.4 Å². The van der Waals surface area contributed by atoms with Crippen molar-refractivity contribution in [3.8, 4) is 18.1 Å². The van der Waals surface area contributed by atoms with E-state index >= 15 is 0 Å². The summed E-state index contributed by atoms with van der Waals surface area (Å²) in [5, 5.41) is 21.7. The molecule has 39 heavy (non-hydrogen) atoms. The summed E-state index contributed by atoms with van der Waals surface area (Å²) in [4.78, 5) is 30.4. The van der Waals surface area contributed by atoms with E-state index in [-0.39, 0.29) is 29.4 Å². The number of terminal acetylenes is 1. The zero-order chi connectivity index (χ0) is 27.8. The van der Waals surface area contributed by atoms with E-state index in [0.29, 0.717) is 22.1 Å². The third-order valence-electron chi connectivity index (χ3n) is 6.33. The number of amides is 2. The van der Waals surface area contributed by atoms with E-state index in [2.05, 4.69) is 26.6 Å². The monoisotopic (exact) mass is 545 g/mol. The number of benzene rings is 2. The van der Waals surface area contributed by atoms with Crippen LogP contribution in [-0.4, -0.2) is 59.9 Å². The number of aliphatic hydroxyl groups is 1. The molecule has 4 rings (SSSR count). The highest BCUT2D eigenvalue weighted by atomic mass is 35.5. The Bertz CT molecular complexity index is 1390. The summed E-state index contributed by atoms with van der Waals surface area (Å²) in [6.07, 6.45) is 10.6. The quantitative estimate of drug-likeness (QED) is 0.287. The average Bonchev–Trinajstić information content (AvgIpc) is 2.97. The van der Waals surface area contributed by atoms with E-state index in [0.717, 1.165) is 31.5 Å². The standard InChI is InChI=1S/C29H28ClN5O4/c1-3-19-14-24(29(38)33-26-9-8-23(30)17-31-26)27(25(15-19)39-2)34-28(37)22-6-4-20(5-7-22)16-32-35-12-10-21(18-36)11-13-35/h1,4-9,14-17,21,36H,10-13,18H2,2H3,(H,34,37)(H,31,33,38). The number of anilines is 2. The van der Waals surface area contributed by atoms with Gasteiger partial charge in [0, 0.05) is 37.0 Å². The van der Waals surface area contributed by atoms with Crippen molar-refractivity contribution in [2.24, 2.45) is 11.0 Å². The van der Waals surface area contributed by atoms with Crippen molar-refractivity contribution in [1.29, 1.82) is 0 Å². The van der Waals surface area contributed by atoms with Gasteiger partial charge in [-0.25, -0.2) is 4.98 Å². The Morgan fingerprint density at radius 1 is 1.18 bits per heavy atom. The minimum absolute atomic E-state index is 0.112. The average molecular weight is 546 g/mol. The van der Waals surface area contributed by atoms with Gasteiger partial charge in [0.15, 0.2) is 0 Å². The van der Waals surface area contributed by atoms with Crippen molar-refractivity contribution in [2.75, 3.05) is 37.4 Å². The smallest absolute Gasteiger partial charge is 0.259 e. The molecule has 0 saturated carbocycles. The van der Waals surface area contributed by atoms with E-state index < -0.39 is 11.8 Å². The molecule has 1 aliphatic heterocycles. The molecule has 0 unspecified atom stereocenters. The second-order valence-corrected chi connectivity index (χ2v) is 9.40. The largest absolute Gasteiger partial charge is 0.495 e. The number of halogens is 1. The van der Waals surface area contributed by atoms with Gasteiger partial charge in [-0.2, -0.15) is 5.10 Å². The summed E-state index contributed by atoms with van der Waals surface area (Å²) in [5.74, 6) is 2.38. The molecule has 1 fully saturated rings. The Balaban J connectivity index is 1.50. The van der Waals surface area contributed by atoms with Gasteiger partial charge >= 0.3 is 0 Å². The van der Waals surface area contributed by atoms with Crippen LogP contribution in [0.4, 0.5) is 11.5 Å². The van der Waals surface area contributed by atoms with Crippen molar-refractivity contribution in [2.45, 2.75) is 12.8 Å². The number of hydrazone groups is 1. The minimum Gasteiger partial charge on any atom is -0.495 e. The Kier molecular flexibility index (Phi) is 9.15. The molecule has 200 valence electrons. The molecule has 10 heteroatoms. The molecule has 2 aromatic carbocycles. The molecule has 0 radical (unpaired) electrons. The van der Waals surface area contributed by atoms with E-state index in [9.17, 15) is 14.7 Å². The predicted octanol–water partition coefficient (Wildman–Crippen LogP) is 4.27. The fourth-order valence-electron chi connectivity index (χ4n) is 4.07. The SMILES string of the molecule is C#Cc1cc(OC)c(NC(=O)c2ccc(C=NN3CCC(CO)CC3)cc2)c(C(=O)Nc2ccc(Cl)cn2)c1. The molecule has 1 saturated heterocycles. The van der Waals surface area contributed by atoms with Crippen LogP contribution in [-0.2, 0) is 0 Å². The van der Waals surface area contributed by atoms with Gasteiger partial charge in [0.1, 0.15) is 11.6 Å². The number of aliphatic hydroxyl groups excluding tert-OH is 1. The number of carbonyl (C=O) groups excluding carboxylic acids is 2. The topological polar surface area (TPSA) is 116 Å². The van der Waals surface area contributed by atoms with Crippen LogP contribution in [0, 0.1) is 18.3 Å². The fraction of sp³-hybridized carbons (Fsp3) is 0.241. The van der Waals surface area contributed by atoms with Gasteiger partial charge in [-0.05, 0) is 60.7 Å². The molecular formula is C29H28ClN5O4. The fourth-order valence-corrected chi connectivity index (χ4v) is 4.18. The molecule has 0 aliphatic carbocycles. The summed E-state index contributed by atoms with van der Waals surface area (Å²) >= 11 is 5.88. The van der Waals surface area contributed by atoms with Gasteiger partial charge in [0.25, 0.3) is 11.8 Å². The molecule has 3 N–H and O–H groups in total. The Morgan fingerprint density at radius 3 is 2.54 bits per heavy atom. The molecular weight excluding hydrogens is 518 g/mol. The first-order valence-corrected chi connectivity index (χ1v) is 12.7. The summed E-state index contributed by atoms with van der Waals surface area (Å²) < 4.78 is 5.44. The number of carbonyl (C=O) groups is 2. The lowest BCUT2D eigenvalue weighted by Crippen LogP contribution is -2.31. The number of hydrogen-bond donors (Lipinski definition) is 3. The lowest BCUT2D eigenvalue weighted by Gasteiger charge is -2.28. The lowest BCUT2D eigenvalue weighted by atomic mass is 9.99. The Morgan fingerprint density at radius 2 is 1.92 bits per heavy atom. The zero-order valence-electron chi connectivity index (χ0n) is 21.4. The van der Waals surface area contributed by atoms with Gasteiger partial charge in [-0.3, -0.25) is 14.6 Å². The Hall–Kier alpha value is -4.39. The van der Waals surface area contributed by atoms with Gasteiger partial charge in [-0.1, -0.05) is 29.7 Å². The molecule has 1 aliphatic rings. The second kappa shape index (κ2) is 12.9. The van der Waals surface area contributed by atoms with Crippen LogP contribution in [0.1, 0.15) is 44.7 Å². The molecule has 0 spiro atoms. The van der Waals surface area contributed by atoms with Gasteiger partial charge in [0.2, 0.25) is 0 Å². The number of ether oxygens (including phenoxy) is 1. The number of nitrogens with zero attached hydrogens (tertiary/aromatic N) is 3. The highest BCUT2D eigenvalue weighted by Crippen LogP contribution is 2.31. The maximum Gasteiger partial charge on any atom is 0.259 e. The van der Waals surface area contributed by atoms with E-state index in [1.54, 1.807) is 48.7 Å². The first-order chi connectivity index (χ1) is 18.9. The molecule has 9 nitrogen and oxygen atoms in total. The van der Waals surface area contributed by atoms with Crippen LogP contribution < -0.4 is 15.4 Å². The van der Waals surface area contributed by atoms with Crippen molar-refractivity contribution in [1.82, 2.24) is 9.99 Å². The number of pyridine rings is 1. The molecule has 0 atom stereocenters. The van der Waals surface area contributed by atoms with Crippen LogP contribution in [0.25, 0.3) is 0 Å². The van der Waals surface area contributed by atoms with Crippen molar-refractivity contribution in [3.63, 3.8) is 0 Å². The van der Waals surface area contributed by atoms with Crippen molar-refractivity contribution in [3.05, 3.63) is 82.0 Å². The number of aromatic nitrogens is 1. The van der Waals surface area contributed by atoms with Gasteiger partial charge in [-0.15, -0.1) is 6.42 Å². The molecule has 2 amide bonds. The number of nitrogens with one attached hydrogen (secondary N) is 2. The highest BCUT2D eigenvalue weighted by molar-refractivity contribution is 6.30. The van der Waals surface area contributed by atoms with Crippen LogP contribution in [0.2, 0.25) is 5.02 Å². The maximum atomic E-state index is 13.2. The molecule has 1 aromatic heterocycles. The molecule has 0 bridgehead atoms. The van der Waals surface area contributed by atoms with Crippen molar-refractivity contribution >= 4 is 41.1 Å². The third kappa shape index (κ3) is 7.13. The van der Waals surface area contributed by atoms with E-state index in [1.807, 2.05) is 5.01 Å². The summed E-state index contributed by atoms with van der Waals surface area (Å²) in [6, 6.07) is 13.1. The molecule has 3 aromatic rings. The Labute approximate surface area is 231 Å². The minimum atomic E-state index is -0.537. The first-order valence-electron chi connectivity index (χ1n) is 12.3. The number of rotatable bonds is 8. The van der Waals surface area contributed by atoms with Crippen molar-refractivity contribution < 1.29 is 19.4 Å². The maximum absolute atomic E-state index is 13.2. The zero-order valence-corrected chi connectivity index (χ0v) is 22.1. The van der Waals surface area contributed by atoms with Crippen LogP contribution in [0.3, 0.4) is 0 Å². The highest BCUT2D eigenvalue weighted by Gasteiger charge is 2.21. The van der Waals surface area contributed by atoms with Crippen LogP contribution in [0.15, 0.2) is 59.8 Å². The second-order valence-electron chi connectivity index (χ2n) is 8.96. The molecule has 2 heterocycles. The normalized spacial score (nSPS) is 13.6. The predicted molar refractivity (Wildman–Crippen MR) is 152 cm³/mol. The third-order valence-corrected chi connectivity index (χ3v) is 6.56. The summed E-state index contributed by atoms with van der Waals surface area (Å²) in [7, 11) is 1.42. The number of piperidine rings is 1. The first kappa shape index (κ1) is 27.6. The van der Waals surface area contributed by atoms with Crippen LogP contribution >= 0.6 is 11.6 Å². The van der Waals surface area contributed by atoms with Crippen LogP contribution in [0.5, 0.6) is 5.75 Å². The lowest BCUT2D eigenvalue weighted by molar-refractivity contribution is 0.102. The number of hydrogen-bond acceptors (Lipinski definition) is 7. The van der Waals surface area contributed by atoms with E-state index in [4.69, 9.17) is 22.8 Å². The summed E-state index contributed by atoms with van der Waals surface area (Å²) in [6.45, 7) is 1.81. The summed E-state index contributed by atoms with van der Waals surface area (Å²) in [5.41, 5.74) is 1.90. The van der Waals surface area contributed by atoms with Gasteiger partial charge < -0.3 is 20.5 Å². The number of methoxy groups -OCH3 is 1.